The SMILES string of the molecule is COC(=O)c1cccc(C(=O)NC(=S)Nn2c(C)cc(C)c(C#N)c2=O)c1. The van der Waals surface area contributed by atoms with Gasteiger partial charge in [0, 0.05) is 11.3 Å². The van der Waals surface area contributed by atoms with Gasteiger partial charge in [-0.25, -0.2) is 9.47 Å². The van der Waals surface area contributed by atoms with Gasteiger partial charge in [-0.1, -0.05) is 6.07 Å². The van der Waals surface area contributed by atoms with Crippen LogP contribution in [0, 0.1) is 25.2 Å². The van der Waals surface area contributed by atoms with E-state index in [9.17, 15) is 14.4 Å². The van der Waals surface area contributed by atoms with Crippen LogP contribution in [0.3, 0.4) is 0 Å². The van der Waals surface area contributed by atoms with Crippen LogP contribution in [-0.2, 0) is 4.74 Å². The molecule has 0 bridgehead atoms. The minimum atomic E-state index is -0.573. The third-order valence-electron chi connectivity index (χ3n) is 3.69. The number of carbonyl (C=O) groups is 2. The van der Waals surface area contributed by atoms with Crippen molar-refractivity contribution in [1.82, 2.24) is 9.99 Å². The molecule has 1 aromatic heterocycles. The number of aryl methyl sites for hydroxylation is 2. The summed E-state index contributed by atoms with van der Waals surface area (Å²) in [6.45, 7) is 3.32. The molecule has 0 unspecified atom stereocenters. The van der Waals surface area contributed by atoms with E-state index in [2.05, 4.69) is 15.5 Å². The topological polar surface area (TPSA) is 113 Å². The number of nitrogens with zero attached hydrogens (tertiary/aromatic N) is 2. The summed E-state index contributed by atoms with van der Waals surface area (Å²) in [5.74, 6) is -1.15. The highest BCUT2D eigenvalue weighted by Crippen LogP contribution is 2.07. The summed E-state index contributed by atoms with van der Waals surface area (Å²) in [5, 5.41) is 11.4. The molecule has 27 heavy (non-hydrogen) atoms. The molecule has 0 fully saturated rings. The number of hydrogen-bond acceptors (Lipinski definition) is 6. The first kappa shape index (κ1) is 19.8. The van der Waals surface area contributed by atoms with Crippen molar-refractivity contribution in [3.8, 4) is 6.07 Å². The van der Waals surface area contributed by atoms with E-state index in [4.69, 9.17) is 17.5 Å². The number of benzene rings is 1. The molecule has 138 valence electrons. The lowest BCUT2D eigenvalue weighted by atomic mass is 10.1. The van der Waals surface area contributed by atoms with Gasteiger partial charge in [0.15, 0.2) is 5.11 Å². The van der Waals surface area contributed by atoms with Crippen molar-refractivity contribution >= 4 is 29.2 Å². The van der Waals surface area contributed by atoms with Crippen LogP contribution < -0.4 is 16.3 Å². The molecule has 2 rings (SSSR count). The predicted octanol–water partition coefficient (Wildman–Crippen LogP) is 1.38. The van der Waals surface area contributed by atoms with Crippen LogP contribution in [-0.4, -0.2) is 28.8 Å². The lowest BCUT2D eigenvalue weighted by molar-refractivity contribution is 0.0600. The second-order valence-electron chi connectivity index (χ2n) is 5.56. The fourth-order valence-corrected chi connectivity index (χ4v) is 2.56. The van der Waals surface area contributed by atoms with Gasteiger partial charge in [0.25, 0.3) is 11.5 Å². The van der Waals surface area contributed by atoms with Gasteiger partial charge in [-0.15, -0.1) is 0 Å². The zero-order chi connectivity index (χ0) is 20.1. The fourth-order valence-electron chi connectivity index (χ4n) is 2.38. The van der Waals surface area contributed by atoms with Crippen LogP contribution in [0.5, 0.6) is 0 Å². The molecule has 2 aromatic rings. The third kappa shape index (κ3) is 4.37. The summed E-state index contributed by atoms with van der Waals surface area (Å²) in [7, 11) is 1.24. The summed E-state index contributed by atoms with van der Waals surface area (Å²) in [6, 6.07) is 9.40. The molecule has 0 radical (unpaired) electrons. The first-order valence-electron chi connectivity index (χ1n) is 7.72. The van der Waals surface area contributed by atoms with Gasteiger partial charge in [-0.2, -0.15) is 5.26 Å². The first-order valence-corrected chi connectivity index (χ1v) is 8.13. The Labute approximate surface area is 160 Å². The predicted molar refractivity (Wildman–Crippen MR) is 102 cm³/mol. The molecule has 2 N–H and O–H groups in total. The number of pyridine rings is 1. The van der Waals surface area contributed by atoms with Gasteiger partial charge in [-0.3, -0.25) is 20.3 Å². The first-order chi connectivity index (χ1) is 12.8. The van der Waals surface area contributed by atoms with Crippen molar-refractivity contribution in [3.63, 3.8) is 0 Å². The molecule has 0 aliphatic carbocycles. The van der Waals surface area contributed by atoms with Gasteiger partial charge in [0.2, 0.25) is 0 Å². The van der Waals surface area contributed by atoms with Crippen LogP contribution in [0.2, 0.25) is 0 Å². The van der Waals surface area contributed by atoms with Gasteiger partial charge in [0.1, 0.15) is 11.6 Å². The Balaban J connectivity index is 2.20. The van der Waals surface area contributed by atoms with E-state index in [1.54, 1.807) is 19.9 Å². The van der Waals surface area contributed by atoms with E-state index in [-0.39, 0.29) is 21.8 Å². The van der Waals surface area contributed by atoms with Crippen molar-refractivity contribution in [2.24, 2.45) is 0 Å². The second-order valence-corrected chi connectivity index (χ2v) is 5.97. The van der Waals surface area contributed by atoms with Crippen molar-refractivity contribution in [3.05, 3.63) is 68.6 Å². The Morgan fingerprint density at radius 2 is 1.89 bits per heavy atom. The second kappa shape index (κ2) is 8.25. The van der Waals surface area contributed by atoms with Crippen LogP contribution >= 0.6 is 12.2 Å². The standard InChI is InChI=1S/C18H16N4O4S/c1-10-7-11(2)22(16(24)14(10)9-19)21-18(27)20-15(23)12-5-4-6-13(8-12)17(25)26-3/h4-8H,1-3H3,(H2,20,21,23,27). The van der Waals surface area contributed by atoms with Crippen LogP contribution in [0.4, 0.5) is 0 Å². The molecule has 0 atom stereocenters. The molecule has 9 heteroatoms. The summed E-state index contributed by atoms with van der Waals surface area (Å²) >= 11 is 5.07. The lowest BCUT2D eigenvalue weighted by Crippen LogP contribution is -2.43. The van der Waals surface area contributed by atoms with E-state index < -0.39 is 17.4 Å². The monoisotopic (exact) mass is 384 g/mol. The van der Waals surface area contributed by atoms with E-state index in [1.165, 1.54) is 31.4 Å². The maximum Gasteiger partial charge on any atom is 0.337 e. The minimum absolute atomic E-state index is 0.0204. The number of rotatable bonds is 3. The molecule has 8 nitrogen and oxygen atoms in total. The molecule has 0 saturated heterocycles. The Hall–Kier alpha value is -3.51. The number of amides is 1. The quantitative estimate of drug-likeness (QED) is 0.607. The van der Waals surface area contributed by atoms with Crippen molar-refractivity contribution in [1.29, 1.82) is 5.26 Å². The van der Waals surface area contributed by atoms with Crippen LogP contribution in [0.15, 0.2) is 35.1 Å². The van der Waals surface area contributed by atoms with Gasteiger partial charge >= 0.3 is 5.97 Å². The molecule has 0 spiro atoms. The molecule has 0 aliphatic heterocycles. The molecular weight excluding hydrogens is 368 g/mol. The Bertz CT molecular complexity index is 1040. The van der Waals surface area contributed by atoms with Gasteiger partial charge < -0.3 is 4.74 Å². The normalized spacial score (nSPS) is 9.85. The minimum Gasteiger partial charge on any atom is -0.465 e. The average Bonchev–Trinajstić information content (AvgIpc) is 2.64. The Kier molecular flexibility index (Phi) is 6.05. The summed E-state index contributed by atoms with van der Waals surface area (Å²) in [4.78, 5) is 36.2. The number of thiocarbonyl (C=S) groups is 1. The number of nitrogens with one attached hydrogen (secondary N) is 2. The van der Waals surface area contributed by atoms with E-state index in [0.717, 1.165) is 4.68 Å². The third-order valence-corrected chi connectivity index (χ3v) is 3.88. The maximum atomic E-state index is 12.3. The zero-order valence-electron chi connectivity index (χ0n) is 14.8. The number of carbonyl (C=O) groups excluding carboxylic acids is 2. The molecule has 1 aromatic carbocycles. The number of methoxy groups -OCH3 is 1. The van der Waals surface area contributed by atoms with Gasteiger partial charge in [-0.05, 0) is 55.9 Å². The van der Waals surface area contributed by atoms with Crippen molar-refractivity contribution < 1.29 is 14.3 Å². The molecule has 0 aliphatic rings. The number of nitriles is 1. The molecular formula is C18H16N4O4S. The molecule has 1 heterocycles. The highest BCUT2D eigenvalue weighted by atomic mass is 32.1. The molecule has 0 saturated carbocycles. The average molecular weight is 384 g/mol. The largest absolute Gasteiger partial charge is 0.465 e. The number of esters is 1. The molecule has 1 amide bonds. The number of ether oxygens (including phenoxy) is 1. The summed E-state index contributed by atoms with van der Waals surface area (Å²) in [6.07, 6.45) is 0. The van der Waals surface area contributed by atoms with Crippen LogP contribution in [0.1, 0.15) is 37.5 Å². The van der Waals surface area contributed by atoms with Crippen LogP contribution in [0.25, 0.3) is 0 Å². The Morgan fingerprint density at radius 3 is 2.52 bits per heavy atom. The van der Waals surface area contributed by atoms with Crippen molar-refractivity contribution in [2.75, 3.05) is 12.5 Å². The summed E-state index contributed by atoms with van der Waals surface area (Å²) in [5.41, 5.74) is 3.47. The number of aromatic nitrogens is 1. The summed E-state index contributed by atoms with van der Waals surface area (Å²) < 4.78 is 5.70. The van der Waals surface area contributed by atoms with E-state index in [1.807, 2.05) is 6.07 Å². The van der Waals surface area contributed by atoms with Crippen molar-refractivity contribution in [2.45, 2.75) is 13.8 Å². The lowest BCUT2D eigenvalue weighted by Gasteiger charge is -2.15. The smallest absolute Gasteiger partial charge is 0.337 e. The fraction of sp³-hybridized carbons (Fsp3) is 0.167. The van der Waals surface area contributed by atoms with E-state index in [0.29, 0.717) is 11.3 Å². The van der Waals surface area contributed by atoms with Gasteiger partial charge in [0.05, 0.1) is 12.7 Å². The van der Waals surface area contributed by atoms with E-state index >= 15 is 0 Å². The zero-order valence-corrected chi connectivity index (χ0v) is 15.6. The number of hydrogen-bond donors (Lipinski definition) is 2. The highest BCUT2D eigenvalue weighted by Gasteiger charge is 2.14. The maximum absolute atomic E-state index is 12.3. The highest BCUT2D eigenvalue weighted by molar-refractivity contribution is 7.80. The Morgan fingerprint density at radius 1 is 1.22 bits per heavy atom.